The van der Waals surface area contributed by atoms with Gasteiger partial charge in [-0.25, -0.2) is 0 Å². The summed E-state index contributed by atoms with van der Waals surface area (Å²) < 4.78 is 5.98. The maximum absolute atomic E-state index is 6.26. The summed E-state index contributed by atoms with van der Waals surface area (Å²) in [5.41, 5.74) is 9.19. The molecule has 0 spiro atoms. The van der Waals surface area contributed by atoms with Crippen molar-refractivity contribution in [1.29, 1.82) is 0 Å². The fourth-order valence-corrected chi connectivity index (χ4v) is 2.65. The Labute approximate surface area is 131 Å². The van der Waals surface area contributed by atoms with Crippen molar-refractivity contribution >= 4 is 11.6 Å². The molecular formula is C18H22ClNO. The van der Waals surface area contributed by atoms with E-state index >= 15 is 0 Å². The summed E-state index contributed by atoms with van der Waals surface area (Å²) in [5.74, 6) is 0.954. The van der Waals surface area contributed by atoms with Gasteiger partial charge in [-0.15, -0.1) is 0 Å². The first-order chi connectivity index (χ1) is 10.2. The van der Waals surface area contributed by atoms with Crippen LogP contribution < -0.4 is 10.5 Å². The molecule has 0 aliphatic rings. The van der Waals surface area contributed by atoms with Crippen molar-refractivity contribution in [1.82, 2.24) is 0 Å². The number of hydrogen-bond acceptors (Lipinski definition) is 2. The molecule has 0 aliphatic heterocycles. The largest absolute Gasteiger partial charge is 0.493 e. The number of nitrogens with two attached hydrogens (primary N) is 1. The third-order valence-electron chi connectivity index (χ3n) is 3.31. The molecule has 3 heteroatoms. The highest BCUT2D eigenvalue weighted by molar-refractivity contribution is 6.30. The summed E-state index contributed by atoms with van der Waals surface area (Å²) in [6.45, 7) is 3.41. The van der Waals surface area contributed by atoms with E-state index in [-0.39, 0.29) is 0 Å². The molecule has 21 heavy (non-hydrogen) atoms. The van der Waals surface area contributed by atoms with Gasteiger partial charge in [-0.1, -0.05) is 48.9 Å². The lowest BCUT2D eigenvalue weighted by Gasteiger charge is -2.16. The molecule has 0 amide bonds. The van der Waals surface area contributed by atoms with E-state index in [1.165, 1.54) is 5.56 Å². The van der Waals surface area contributed by atoms with Crippen LogP contribution in [0.5, 0.6) is 5.75 Å². The van der Waals surface area contributed by atoms with Gasteiger partial charge in [-0.2, -0.15) is 0 Å². The van der Waals surface area contributed by atoms with Gasteiger partial charge in [0.15, 0.2) is 0 Å². The second-order valence-corrected chi connectivity index (χ2v) is 5.54. The van der Waals surface area contributed by atoms with E-state index in [0.717, 1.165) is 41.2 Å². The van der Waals surface area contributed by atoms with Gasteiger partial charge in [0, 0.05) is 17.0 Å². The highest BCUT2D eigenvalue weighted by atomic mass is 35.5. The summed E-state index contributed by atoms with van der Waals surface area (Å²) in [4.78, 5) is 0. The molecule has 0 bridgehead atoms. The molecule has 2 N–H and O–H groups in total. The molecule has 0 atom stereocenters. The summed E-state index contributed by atoms with van der Waals surface area (Å²) >= 11 is 6.26. The van der Waals surface area contributed by atoms with Gasteiger partial charge in [0.2, 0.25) is 0 Å². The predicted octanol–water partition coefficient (Wildman–Crippen LogP) is 4.22. The highest BCUT2D eigenvalue weighted by Crippen LogP contribution is 2.31. The Balaban J connectivity index is 2.36. The molecule has 2 aromatic carbocycles. The number of halogens is 1. The maximum Gasteiger partial charge on any atom is 0.126 e. The van der Waals surface area contributed by atoms with Gasteiger partial charge in [-0.3, -0.25) is 0 Å². The molecule has 0 saturated carbocycles. The van der Waals surface area contributed by atoms with Gasteiger partial charge < -0.3 is 10.5 Å². The smallest absolute Gasteiger partial charge is 0.126 e. The van der Waals surface area contributed by atoms with Crippen molar-refractivity contribution < 1.29 is 4.74 Å². The van der Waals surface area contributed by atoms with Crippen molar-refractivity contribution in [3.63, 3.8) is 0 Å². The van der Waals surface area contributed by atoms with E-state index in [1.807, 2.05) is 30.3 Å². The SMILES string of the molecule is CCCOc1c(CCN)cc(Cl)cc1Cc1ccccc1. The maximum atomic E-state index is 6.26. The van der Waals surface area contributed by atoms with Crippen LogP contribution in [0, 0.1) is 0 Å². The zero-order chi connectivity index (χ0) is 15.1. The van der Waals surface area contributed by atoms with Crippen molar-refractivity contribution in [3.05, 3.63) is 64.2 Å². The zero-order valence-electron chi connectivity index (χ0n) is 12.4. The predicted molar refractivity (Wildman–Crippen MR) is 89.2 cm³/mol. The second kappa shape index (κ2) is 8.06. The minimum absolute atomic E-state index is 0.591. The standard InChI is InChI=1S/C18H22ClNO/c1-2-10-21-18-15(8-9-20)12-17(19)13-16(18)11-14-6-4-3-5-7-14/h3-7,12-13H,2,8-11,20H2,1H3. The molecule has 0 aliphatic carbocycles. The van der Waals surface area contributed by atoms with E-state index in [1.54, 1.807) is 0 Å². The van der Waals surface area contributed by atoms with Crippen molar-refractivity contribution in [2.75, 3.05) is 13.2 Å². The minimum Gasteiger partial charge on any atom is -0.493 e. The molecule has 112 valence electrons. The first-order valence-electron chi connectivity index (χ1n) is 7.42. The minimum atomic E-state index is 0.591. The van der Waals surface area contributed by atoms with E-state index in [0.29, 0.717) is 13.2 Å². The van der Waals surface area contributed by atoms with Gasteiger partial charge in [0.25, 0.3) is 0 Å². The monoisotopic (exact) mass is 303 g/mol. The van der Waals surface area contributed by atoms with Crippen LogP contribution in [0.2, 0.25) is 5.02 Å². The van der Waals surface area contributed by atoms with Gasteiger partial charge >= 0.3 is 0 Å². The number of rotatable bonds is 7. The van der Waals surface area contributed by atoms with Crippen LogP contribution in [0.15, 0.2) is 42.5 Å². The molecule has 0 fully saturated rings. The lowest BCUT2D eigenvalue weighted by atomic mass is 10.00. The Morgan fingerprint density at radius 1 is 1.10 bits per heavy atom. The lowest BCUT2D eigenvalue weighted by molar-refractivity contribution is 0.311. The van der Waals surface area contributed by atoms with Crippen LogP contribution in [0.1, 0.15) is 30.0 Å². The molecular weight excluding hydrogens is 282 g/mol. The molecule has 0 saturated heterocycles. The Morgan fingerprint density at radius 3 is 2.48 bits per heavy atom. The Hall–Kier alpha value is -1.51. The number of benzene rings is 2. The van der Waals surface area contributed by atoms with Gasteiger partial charge in [-0.05, 0) is 42.6 Å². The summed E-state index contributed by atoms with van der Waals surface area (Å²) in [6.07, 6.45) is 2.58. The van der Waals surface area contributed by atoms with Crippen LogP contribution in [0.25, 0.3) is 0 Å². The number of hydrogen-bond donors (Lipinski definition) is 1. The fraction of sp³-hybridized carbons (Fsp3) is 0.333. The van der Waals surface area contributed by atoms with Crippen LogP contribution >= 0.6 is 11.6 Å². The third kappa shape index (κ3) is 4.48. The topological polar surface area (TPSA) is 35.2 Å². The van der Waals surface area contributed by atoms with Crippen molar-refractivity contribution in [3.8, 4) is 5.75 Å². The molecule has 0 aromatic heterocycles. The zero-order valence-corrected chi connectivity index (χ0v) is 13.2. The third-order valence-corrected chi connectivity index (χ3v) is 3.53. The summed E-state index contributed by atoms with van der Waals surface area (Å²) in [5, 5.41) is 0.744. The van der Waals surface area contributed by atoms with Gasteiger partial charge in [0.05, 0.1) is 6.61 Å². The van der Waals surface area contributed by atoms with Crippen LogP contribution in [-0.4, -0.2) is 13.2 Å². The van der Waals surface area contributed by atoms with E-state index in [9.17, 15) is 0 Å². The first-order valence-corrected chi connectivity index (χ1v) is 7.80. The van der Waals surface area contributed by atoms with Crippen molar-refractivity contribution in [2.45, 2.75) is 26.2 Å². The normalized spacial score (nSPS) is 10.6. The van der Waals surface area contributed by atoms with E-state index < -0.39 is 0 Å². The highest BCUT2D eigenvalue weighted by Gasteiger charge is 2.12. The summed E-state index contributed by atoms with van der Waals surface area (Å²) in [7, 11) is 0. The quantitative estimate of drug-likeness (QED) is 0.831. The second-order valence-electron chi connectivity index (χ2n) is 5.10. The molecule has 0 heterocycles. The average Bonchev–Trinajstić information content (AvgIpc) is 2.48. The molecule has 2 nitrogen and oxygen atoms in total. The molecule has 0 radical (unpaired) electrons. The average molecular weight is 304 g/mol. The molecule has 0 unspecified atom stereocenters. The van der Waals surface area contributed by atoms with Crippen LogP contribution in [0.3, 0.4) is 0 Å². The summed E-state index contributed by atoms with van der Waals surface area (Å²) in [6, 6.07) is 14.3. The van der Waals surface area contributed by atoms with E-state index in [4.69, 9.17) is 22.1 Å². The fourth-order valence-electron chi connectivity index (χ4n) is 2.39. The molecule has 2 rings (SSSR count). The Bertz CT molecular complexity index is 569. The van der Waals surface area contributed by atoms with Crippen molar-refractivity contribution in [2.24, 2.45) is 5.73 Å². The lowest BCUT2D eigenvalue weighted by Crippen LogP contribution is -2.08. The Kier molecular flexibility index (Phi) is 6.09. The Morgan fingerprint density at radius 2 is 1.81 bits per heavy atom. The van der Waals surface area contributed by atoms with Crippen LogP contribution in [0.4, 0.5) is 0 Å². The molecule has 2 aromatic rings. The number of ether oxygens (including phenoxy) is 1. The van der Waals surface area contributed by atoms with Crippen LogP contribution in [-0.2, 0) is 12.8 Å². The van der Waals surface area contributed by atoms with Gasteiger partial charge in [0.1, 0.15) is 5.75 Å². The van der Waals surface area contributed by atoms with E-state index in [2.05, 4.69) is 19.1 Å². The first kappa shape index (κ1) is 15.9.